The van der Waals surface area contributed by atoms with Crippen LogP contribution in [0.2, 0.25) is 0 Å². The maximum absolute atomic E-state index is 13.7. The zero-order valence-electron chi connectivity index (χ0n) is 22.4. The number of benzene rings is 2. The number of amides is 1. The van der Waals surface area contributed by atoms with Gasteiger partial charge in [-0.25, -0.2) is 8.42 Å². The molecule has 0 saturated heterocycles. The monoisotopic (exact) mass is 528 g/mol. The van der Waals surface area contributed by atoms with Gasteiger partial charge in [-0.15, -0.1) is 0 Å². The Morgan fingerprint density at radius 3 is 2.41 bits per heavy atom. The molecule has 7 nitrogen and oxygen atoms in total. The Bertz CT molecular complexity index is 1190. The molecule has 0 unspecified atom stereocenters. The average Bonchev–Trinajstić information content (AvgIpc) is 2.90. The summed E-state index contributed by atoms with van der Waals surface area (Å²) in [5, 5.41) is 9.87. The van der Waals surface area contributed by atoms with Gasteiger partial charge in [0.2, 0.25) is 15.9 Å². The van der Waals surface area contributed by atoms with Gasteiger partial charge in [0.25, 0.3) is 0 Å². The highest BCUT2D eigenvalue weighted by molar-refractivity contribution is 7.89. The highest BCUT2D eigenvalue weighted by Crippen LogP contribution is 2.37. The number of aliphatic hydroxyl groups excluding tert-OH is 1. The number of likely N-dealkylation sites (N-methyl/N-ethyl adjacent to an activating group) is 1. The number of fused-ring (bicyclic) bond motifs is 1. The Kier molecular flexibility index (Phi) is 8.61. The molecule has 4 rings (SSSR count). The van der Waals surface area contributed by atoms with E-state index in [1.807, 2.05) is 45.2 Å². The lowest BCUT2D eigenvalue weighted by molar-refractivity contribution is -0.136. The van der Waals surface area contributed by atoms with E-state index in [1.54, 1.807) is 30.0 Å². The molecule has 2 aromatic rings. The van der Waals surface area contributed by atoms with Crippen LogP contribution in [0.1, 0.15) is 51.5 Å². The fourth-order valence-corrected chi connectivity index (χ4v) is 7.22. The number of hydrogen-bond donors (Lipinski definition) is 1. The fourth-order valence-electron chi connectivity index (χ4n) is 5.39. The van der Waals surface area contributed by atoms with Gasteiger partial charge in [0, 0.05) is 31.5 Å². The van der Waals surface area contributed by atoms with Crippen molar-refractivity contribution in [2.45, 2.75) is 69.9 Å². The van der Waals surface area contributed by atoms with E-state index in [1.165, 1.54) is 10.7 Å². The molecule has 0 bridgehead atoms. The summed E-state index contributed by atoms with van der Waals surface area (Å²) in [7, 11) is -2.09. The summed E-state index contributed by atoms with van der Waals surface area (Å²) in [5.41, 5.74) is 2.96. The molecule has 2 aromatic carbocycles. The number of rotatable bonds is 6. The molecule has 1 saturated carbocycles. The summed E-state index contributed by atoms with van der Waals surface area (Å²) >= 11 is 0. The zero-order chi connectivity index (χ0) is 26.7. The van der Waals surface area contributed by atoms with E-state index in [9.17, 15) is 18.3 Å². The van der Waals surface area contributed by atoms with E-state index in [-0.39, 0.29) is 41.5 Å². The normalized spacial score (nSPS) is 23.3. The third-order valence-electron chi connectivity index (χ3n) is 7.84. The molecule has 37 heavy (non-hydrogen) atoms. The van der Waals surface area contributed by atoms with E-state index in [0.717, 1.165) is 42.4 Å². The van der Waals surface area contributed by atoms with Crippen LogP contribution < -0.4 is 4.74 Å². The van der Waals surface area contributed by atoms with E-state index in [4.69, 9.17) is 4.74 Å². The number of aryl methyl sites for hydroxylation is 1. The van der Waals surface area contributed by atoms with Crippen molar-refractivity contribution in [2.24, 2.45) is 11.8 Å². The summed E-state index contributed by atoms with van der Waals surface area (Å²) in [6.45, 7) is 5.96. The molecule has 1 aliphatic heterocycles. The minimum absolute atomic E-state index is 0.0503. The van der Waals surface area contributed by atoms with Crippen molar-refractivity contribution in [3.63, 3.8) is 0 Å². The second-order valence-electron chi connectivity index (χ2n) is 10.8. The Hall–Kier alpha value is -2.42. The van der Waals surface area contributed by atoms with Gasteiger partial charge in [0.1, 0.15) is 16.7 Å². The summed E-state index contributed by atoms with van der Waals surface area (Å²) < 4.78 is 35.3. The van der Waals surface area contributed by atoms with Crippen LogP contribution >= 0.6 is 0 Å². The van der Waals surface area contributed by atoms with Crippen LogP contribution in [-0.4, -0.2) is 67.5 Å². The van der Waals surface area contributed by atoms with Gasteiger partial charge < -0.3 is 14.7 Å². The number of nitrogens with zero attached hydrogens (tertiary/aromatic N) is 2. The minimum atomic E-state index is -3.91. The fraction of sp³-hybridized carbons (Fsp3) is 0.552. The van der Waals surface area contributed by atoms with Gasteiger partial charge in [0.15, 0.2) is 0 Å². The lowest BCUT2D eigenvalue weighted by Crippen LogP contribution is -2.50. The predicted octanol–water partition coefficient (Wildman–Crippen LogP) is 4.47. The van der Waals surface area contributed by atoms with Crippen LogP contribution in [0, 0.1) is 18.8 Å². The van der Waals surface area contributed by atoms with Gasteiger partial charge >= 0.3 is 0 Å². The first-order valence-electron chi connectivity index (χ1n) is 13.4. The SMILES string of the molecule is Cc1ccc(-c2ccc3c(c2)O[C@H](CN(C)C(=O)C2CCCCC2)[C@@H](C)CN([C@@H](C)CO)S3(=O)=O)cc1. The summed E-state index contributed by atoms with van der Waals surface area (Å²) in [6.07, 6.45) is 4.79. The first kappa shape index (κ1) is 27.6. The number of hydrogen-bond acceptors (Lipinski definition) is 5. The summed E-state index contributed by atoms with van der Waals surface area (Å²) in [5.74, 6) is 0.263. The van der Waals surface area contributed by atoms with Gasteiger partial charge in [-0.05, 0) is 49.9 Å². The van der Waals surface area contributed by atoms with Crippen molar-refractivity contribution in [2.75, 3.05) is 26.7 Å². The molecule has 0 radical (unpaired) electrons. The molecule has 1 amide bonds. The highest BCUT2D eigenvalue weighted by atomic mass is 32.2. The molecule has 1 heterocycles. The average molecular weight is 529 g/mol. The first-order valence-corrected chi connectivity index (χ1v) is 14.8. The van der Waals surface area contributed by atoms with Gasteiger partial charge in [-0.2, -0.15) is 4.31 Å². The van der Waals surface area contributed by atoms with E-state index in [0.29, 0.717) is 6.54 Å². The maximum Gasteiger partial charge on any atom is 0.247 e. The van der Waals surface area contributed by atoms with Crippen LogP contribution in [0.3, 0.4) is 0 Å². The molecule has 2 aliphatic rings. The Labute approximate surface area is 221 Å². The molecule has 1 fully saturated rings. The number of sulfonamides is 1. The van der Waals surface area contributed by atoms with Gasteiger partial charge in [-0.3, -0.25) is 4.79 Å². The third-order valence-corrected chi connectivity index (χ3v) is 9.86. The maximum atomic E-state index is 13.7. The van der Waals surface area contributed by atoms with Crippen LogP contribution in [0.15, 0.2) is 47.4 Å². The van der Waals surface area contributed by atoms with Gasteiger partial charge in [0.05, 0.1) is 13.2 Å². The topological polar surface area (TPSA) is 87.2 Å². The Morgan fingerprint density at radius 1 is 1.11 bits per heavy atom. The number of carbonyl (C=O) groups excluding carboxylic acids is 1. The number of carbonyl (C=O) groups is 1. The smallest absolute Gasteiger partial charge is 0.247 e. The predicted molar refractivity (Wildman–Crippen MR) is 145 cm³/mol. The molecule has 1 N–H and O–H groups in total. The van der Waals surface area contributed by atoms with Crippen molar-refractivity contribution < 1.29 is 23.1 Å². The lowest BCUT2D eigenvalue weighted by atomic mass is 9.88. The van der Waals surface area contributed by atoms with Crippen molar-refractivity contribution in [1.82, 2.24) is 9.21 Å². The molecule has 202 valence electrons. The van der Waals surface area contributed by atoms with Crippen molar-refractivity contribution in [3.8, 4) is 16.9 Å². The molecule has 0 aromatic heterocycles. The van der Waals surface area contributed by atoms with Gasteiger partial charge in [-0.1, -0.05) is 62.1 Å². The lowest BCUT2D eigenvalue weighted by Gasteiger charge is -2.38. The van der Waals surface area contributed by atoms with Crippen LogP contribution in [0.25, 0.3) is 11.1 Å². The molecule has 1 aliphatic carbocycles. The highest BCUT2D eigenvalue weighted by Gasteiger charge is 2.39. The summed E-state index contributed by atoms with van der Waals surface area (Å²) in [4.78, 5) is 15.0. The standard InChI is InChI=1S/C29H40N2O5S/c1-20-10-12-23(13-11-20)25-14-15-28-26(16-25)36-27(18-30(4)29(33)24-8-6-5-7-9-24)21(2)17-31(22(3)19-32)37(28,34)35/h10-16,21-22,24,27,32H,5-9,17-19H2,1-4H3/t21-,22-,27+/m0/s1. The molecular formula is C29H40N2O5S. The first-order chi connectivity index (χ1) is 17.6. The number of aliphatic hydroxyl groups is 1. The van der Waals surface area contributed by atoms with Crippen molar-refractivity contribution in [1.29, 1.82) is 0 Å². The largest absolute Gasteiger partial charge is 0.487 e. The minimum Gasteiger partial charge on any atom is -0.487 e. The number of ether oxygens (including phenoxy) is 1. The van der Waals surface area contributed by atoms with Crippen molar-refractivity contribution in [3.05, 3.63) is 48.0 Å². The third kappa shape index (κ3) is 6.02. The quantitative estimate of drug-likeness (QED) is 0.598. The van der Waals surface area contributed by atoms with E-state index < -0.39 is 22.2 Å². The Balaban J connectivity index is 1.71. The van der Waals surface area contributed by atoms with Crippen LogP contribution in [0.4, 0.5) is 0 Å². The summed E-state index contributed by atoms with van der Waals surface area (Å²) in [6, 6.07) is 12.6. The van der Waals surface area contributed by atoms with Crippen LogP contribution in [0.5, 0.6) is 5.75 Å². The molecular weight excluding hydrogens is 488 g/mol. The van der Waals surface area contributed by atoms with Crippen LogP contribution in [-0.2, 0) is 14.8 Å². The second-order valence-corrected chi connectivity index (χ2v) is 12.7. The van der Waals surface area contributed by atoms with E-state index >= 15 is 0 Å². The molecule has 0 spiro atoms. The second kappa shape index (κ2) is 11.5. The molecule has 3 atom stereocenters. The zero-order valence-corrected chi connectivity index (χ0v) is 23.2. The molecule has 8 heteroatoms. The Morgan fingerprint density at radius 2 is 1.76 bits per heavy atom. The van der Waals surface area contributed by atoms with Crippen molar-refractivity contribution >= 4 is 15.9 Å². The van der Waals surface area contributed by atoms with E-state index in [2.05, 4.69) is 0 Å².